The molecule has 0 radical (unpaired) electrons. The Balaban J connectivity index is 1.44. The van der Waals surface area contributed by atoms with Crippen LogP contribution in [0.25, 0.3) is 22.8 Å². The summed E-state index contributed by atoms with van der Waals surface area (Å²) in [5.74, 6) is 0.755. The van der Waals surface area contributed by atoms with Crippen molar-refractivity contribution in [2.24, 2.45) is 11.8 Å². The van der Waals surface area contributed by atoms with Gasteiger partial charge in [0, 0.05) is 34.3 Å². The zero-order chi connectivity index (χ0) is 21.3. The minimum absolute atomic E-state index is 0.238. The number of carboxylic acid groups (broad SMARTS) is 1. The molecular formula is C23H24IN3O3. The van der Waals surface area contributed by atoms with E-state index in [-0.39, 0.29) is 5.92 Å². The van der Waals surface area contributed by atoms with Crippen LogP contribution in [0.1, 0.15) is 25.0 Å². The van der Waals surface area contributed by atoms with E-state index in [2.05, 4.69) is 69.7 Å². The second kappa shape index (κ2) is 8.85. The van der Waals surface area contributed by atoms with E-state index < -0.39 is 5.97 Å². The van der Waals surface area contributed by atoms with Gasteiger partial charge in [-0.05, 0) is 58.2 Å². The quantitative estimate of drug-likeness (QED) is 0.457. The second-order valence-electron chi connectivity index (χ2n) is 8.25. The fourth-order valence-electron chi connectivity index (χ4n) is 3.62. The van der Waals surface area contributed by atoms with Crippen molar-refractivity contribution in [3.05, 3.63) is 57.2 Å². The maximum absolute atomic E-state index is 11.0. The molecule has 156 valence electrons. The number of carboxylic acids is 1. The number of aliphatic carboxylic acids is 1. The Morgan fingerprint density at radius 2 is 1.90 bits per heavy atom. The first-order valence-corrected chi connectivity index (χ1v) is 11.1. The van der Waals surface area contributed by atoms with Crippen LogP contribution >= 0.6 is 22.6 Å². The van der Waals surface area contributed by atoms with E-state index in [9.17, 15) is 4.79 Å². The Kier molecular flexibility index (Phi) is 6.19. The predicted octanol–water partition coefficient (Wildman–Crippen LogP) is 4.72. The number of hydrogen-bond donors (Lipinski definition) is 1. The summed E-state index contributed by atoms with van der Waals surface area (Å²) in [6.07, 6.45) is 1.05. The highest BCUT2D eigenvalue weighted by Crippen LogP contribution is 2.27. The van der Waals surface area contributed by atoms with Crippen molar-refractivity contribution in [1.29, 1.82) is 0 Å². The first-order valence-electron chi connectivity index (χ1n) is 10.1. The lowest BCUT2D eigenvalue weighted by Gasteiger charge is -2.36. The van der Waals surface area contributed by atoms with Gasteiger partial charge in [-0.3, -0.25) is 9.69 Å². The van der Waals surface area contributed by atoms with Gasteiger partial charge in [-0.2, -0.15) is 4.98 Å². The third kappa shape index (κ3) is 4.73. The molecule has 2 aromatic carbocycles. The molecule has 0 amide bonds. The van der Waals surface area contributed by atoms with E-state index >= 15 is 0 Å². The van der Waals surface area contributed by atoms with Crippen molar-refractivity contribution < 1.29 is 14.4 Å². The minimum atomic E-state index is -0.710. The molecule has 3 aromatic rings. The third-order valence-corrected chi connectivity index (χ3v) is 6.29. The van der Waals surface area contributed by atoms with E-state index in [1.165, 1.54) is 11.1 Å². The Labute approximate surface area is 189 Å². The largest absolute Gasteiger partial charge is 0.481 e. The topological polar surface area (TPSA) is 79.5 Å². The summed E-state index contributed by atoms with van der Waals surface area (Å²) in [4.78, 5) is 17.7. The molecule has 0 aliphatic carbocycles. The normalized spacial score (nSPS) is 14.8. The summed E-state index contributed by atoms with van der Waals surface area (Å²) in [6, 6.07) is 14.4. The van der Waals surface area contributed by atoms with Gasteiger partial charge in [0.1, 0.15) is 0 Å². The van der Waals surface area contributed by atoms with E-state index in [1.54, 1.807) is 0 Å². The second-order valence-corrected chi connectivity index (χ2v) is 9.42. The van der Waals surface area contributed by atoms with Gasteiger partial charge >= 0.3 is 5.97 Å². The number of nitrogens with zero attached hydrogens (tertiary/aromatic N) is 3. The van der Waals surface area contributed by atoms with Crippen LogP contribution in [0.3, 0.4) is 0 Å². The number of aromatic nitrogens is 2. The lowest BCUT2D eigenvalue weighted by Crippen LogP contribution is -2.49. The lowest BCUT2D eigenvalue weighted by atomic mass is 9.99. The van der Waals surface area contributed by atoms with Crippen LogP contribution in [0, 0.1) is 15.4 Å². The smallest absolute Gasteiger partial charge is 0.309 e. The SMILES string of the molecule is CC(C)Cc1ccc(-c2noc(-c3ccc(CN4CC(C(=O)O)C4)c(I)c3)n2)cc1. The van der Waals surface area contributed by atoms with Gasteiger partial charge in [-0.1, -0.05) is 49.3 Å². The number of rotatable bonds is 7. The molecule has 4 rings (SSSR count). The van der Waals surface area contributed by atoms with Crippen molar-refractivity contribution in [1.82, 2.24) is 15.0 Å². The summed E-state index contributed by atoms with van der Waals surface area (Å²) in [6.45, 7) is 6.39. The van der Waals surface area contributed by atoms with Crippen molar-refractivity contribution in [2.75, 3.05) is 13.1 Å². The summed E-state index contributed by atoms with van der Waals surface area (Å²) < 4.78 is 6.61. The van der Waals surface area contributed by atoms with Crippen molar-refractivity contribution in [2.45, 2.75) is 26.8 Å². The summed E-state index contributed by atoms with van der Waals surface area (Å²) in [7, 11) is 0. The molecule has 1 aliphatic heterocycles. The highest BCUT2D eigenvalue weighted by molar-refractivity contribution is 14.1. The Hall–Kier alpha value is -2.26. The predicted molar refractivity (Wildman–Crippen MR) is 123 cm³/mol. The molecule has 0 bridgehead atoms. The first-order chi connectivity index (χ1) is 14.4. The number of benzene rings is 2. The highest BCUT2D eigenvalue weighted by atomic mass is 127. The van der Waals surface area contributed by atoms with Crippen LogP contribution < -0.4 is 0 Å². The van der Waals surface area contributed by atoms with E-state index in [1.807, 2.05) is 24.3 Å². The van der Waals surface area contributed by atoms with Gasteiger partial charge in [0.2, 0.25) is 5.82 Å². The van der Waals surface area contributed by atoms with Crippen LogP contribution in [-0.2, 0) is 17.8 Å². The lowest BCUT2D eigenvalue weighted by molar-refractivity contribution is -0.147. The number of hydrogen-bond acceptors (Lipinski definition) is 5. The van der Waals surface area contributed by atoms with E-state index in [0.717, 1.165) is 27.7 Å². The van der Waals surface area contributed by atoms with Crippen LogP contribution in [-0.4, -0.2) is 39.2 Å². The van der Waals surface area contributed by atoms with Crippen LogP contribution in [0.2, 0.25) is 0 Å². The molecule has 7 heteroatoms. The van der Waals surface area contributed by atoms with Gasteiger partial charge in [0.25, 0.3) is 5.89 Å². The summed E-state index contributed by atoms with van der Waals surface area (Å²) in [5, 5.41) is 13.2. The molecule has 2 heterocycles. The average Bonchev–Trinajstić information content (AvgIpc) is 3.15. The summed E-state index contributed by atoms with van der Waals surface area (Å²) >= 11 is 2.30. The Morgan fingerprint density at radius 3 is 2.53 bits per heavy atom. The van der Waals surface area contributed by atoms with Crippen molar-refractivity contribution in [3.8, 4) is 22.8 Å². The fourth-order valence-corrected chi connectivity index (χ4v) is 4.31. The van der Waals surface area contributed by atoms with E-state index in [4.69, 9.17) is 9.63 Å². The Bertz CT molecular complexity index is 1040. The van der Waals surface area contributed by atoms with Gasteiger partial charge in [0.15, 0.2) is 0 Å². The maximum atomic E-state index is 11.0. The fraction of sp³-hybridized carbons (Fsp3) is 0.348. The molecule has 1 aliphatic rings. The number of likely N-dealkylation sites (tertiary alicyclic amines) is 1. The molecule has 1 fully saturated rings. The maximum Gasteiger partial charge on any atom is 0.309 e. The molecule has 0 spiro atoms. The monoisotopic (exact) mass is 517 g/mol. The molecule has 1 N–H and O–H groups in total. The molecule has 30 heavy (non-hydrogen) atoms. The van der Waals surface area contributed by atoms with Crippen LogP contribution in [0.15, 0.2) is 47.0 Å². The first kappa shape index (κ1) is 21.0. The Morgan fingerprint density at radius 1 is 1.20 bits per heavy atom. The van der Waals surface area contributed by atoms with Gasteiger partial charge in [-0.15, -0.1) is 0 Å². The third-order valence-electron chi connectivity index (χ3n) is 5.28. The zero-order valence-electron chi connectivity index (χ0n) is 17.0. The molecule has 0 saturated carbocycles. The van der Waals surface area contributed by atoms with Crippen molar-refractivity contribution in [3.63, 3.8) is 0 Å². The number of halogens is 1. The molecular weight excluding hydrogens is 493 g/mol. The average molecular weight is 517 g/mol. The molecule has 0 unspecified atom stereocenters. The zero-order valence-corrected chi connectivity index (χ0v) is 19.2. The summed E-state index contributed by atoms with van der Waals surface area (Å²) in [5.41, 5.74) is 4.29. The molecule has 0 atom stereocenters. The van der Waals surface area contributed by atoms with Crippen LogP contribution in [0.4, 0.5) is 0 Å². The van der Waals surface area contributed by atoms with Gasteiger partial charge < -0.3 is 9.63 Å². The standard InChI is InChI=1S/C23H24IN3O3/c1-14(2)9-15-3-5-16(6-4-15)21-25-22(30-26-21)17-7-8-18(20(24)10-17)11-27-12-19(13-27)23(28)29/h3-8,10,14,19H,9,11-13H2,1-2H3,(H,28,29). The van der Waals surface area contributed by atoms with Crippen molar-refractivity contribution >= 4 is 28.6 Å². The molecule has 6 nitrogen and oxygen atoms in total. The van der Waals surface area contributed by atoms with Crippen LogP contribution in [0.5, 0.6) is 0 Å². The highest BCUT2D eigenvalue weighted by Gasteiger charge is 2.32. The number of carbonyl (C=O) groups is 1. The minimum Gasteiger partial charge on any atom is -0.481 e. The molecule has 1 saturated heterocycles. The van der Waals surface area contributed by atoms with Gasteiger partial charge in [0.05, 0.1) is 5.92 Å². The van der Waals surface area contributed by atoms with Gasteiger partial charge in [-0.25, -0.2) is 0 Å². The van der Waals surface area contributed by atoms with E-state index in [0.29, 0.717) is 30.7 Å². The molecule has 1 aromatic heterocycles.